The van der Waals surface area contributed by atoms with Gasteiger partial charge in [-0.05, 0) is 47.0 Å². The van der Waals surface area contributed by atoms with Gasteiger partial charge >= 0.3 is 0 Å². The number of rotatable bonds is 6. The molecule has 0 rings (SSSR count). The fourth-order valence-corrected chi connectivity index (χ4v) is 0.995. The maximum absolute atomic E-state index is 9.41. The van der Waals surface area contributed by atoms with Gasteiger partial charge < -0.3 is 15.6 Å². The first-order valence-electron chi connectivity index (χ1n) is 4.86. The minimum Gasteiger partial charge on any atom is -0.390 e. The highest BCUT2D eigenvalue weighted by Crippen LogP contribution is 2.12. The molecule has 3 N–H and O–H groups in total. The number of ether oxygens (including phenoxy) is 1. The SMILES string of the molecule is CC(C)(O)CCCCOC(C)(C)N. The van der Waals surface area contributed by atoms with Crippen LogP contribution >= 0.6 is 0 Å². The molecule has 0 fully saturated rings. The average Bonchev–Trinajstić information content (AvgIpc) is 1.81. The van der Waals surface area contributed by atoms with Crippen LogP contribution in [0.25, 0.3) is 0 Å². The van der Waals surface area contributed by atoms with E-state index in [0.717, 1.165) is 19.3 Å². The van der Waals surface area contributed by atoms with E-state index in [1.54, 1.807) is 0 Å². The van der Waals surface area contributed by atoms with Crippen molar-refractivity contribution in [3.05, 3.63) is 0 Å². The molecule has 0 aromatic rings. The summed E-state index contributed by atoms with van der Waals surface area (Å²) in [5.41, 5.74) is 4.54. The van der Waals surface area contributed by atoms with Crippen molar-refractivity contribution in [1.82, 2.24) is 0 Å². The Balaban J connectivity index is 3.28. The van der Waals surface area contributed by atoms with Gasteiger partial charge in [-0.1, -0.05) is 0 Å². The van der Waals surface area contributed by atoms with Crippen LogP contribution in [0, 0.1) is 0 Å². The lowest BCUT2D eigenvalue weighted by Crippen LogP contribution is -2.35. The number of aliphatic hydroxyl groups is 1. The van der Waals surface area contributed by atoms with E-state index in [1.165, 1.54) is 0 Å². The minimum absolute atomic E-state index is 0.533. The monoisotopic (exact) mass is 189 g/mol. The summed E-state index contributed by atoms with van der Waals surface area (Å²) in [7, 11) is 0. The summed E-state index contributed by atoms with van der Waals surface area (Å²) in [6.45, 7) is 7.98. The fourth-order valence-electron chi connectivity index (χ4n) is 0.995. The van der Waals surface area contributed by atoms with Crippen molar-refractivity contribution in [1.29, 1.82) is 0 Å². The summed E-state index contributed by atoms with van der Waals surface area (Å²) in [5.74, 6) is 0. The van der Waals surface area contributed by atoms with Crippen molar-refractivity contribution in [2.24, 2.45) is 5.73 Å². The zero-order chi connectivity index (χ0) is 10.5. The molecule has 0 saturated heterocycles. The molecule has 13 heavy (non-hydrogen) atoms. The average molecular weight is 189 g/mol. The van der Waals surface area contributed by atoms with E-state index in [1.807, 2.05) is 27.7 Å². The molecule has 0 saturated carbocycles. The van der Waals surface area contributed by atoms with Crippen LogP contribution in [0.4, 0.5) is 0 Å². The van der Waals surface area contributed by atoms with Crippen LogP contribution in [0.1, 0.15) is 47.0 Å². The largest absolute Gasteiger partial charge is 0.390 e. The van der Waals surface area contributed by atoms with Crippen molar-refractivity contribution in [2.45, 2.75) is 58.3 Å². The molecule has 0 aliphatic rings. The quantitative estimate of drug-likeness (QED) is 0.493. The Morgan fingerprint density at radius 2 is 1.69 bits per heavy atom. The predicted octanol–water partition coefficient (Wildman–Crippen LogP) is 1.64. The lowest BCUT2D eigenvalue weighted by atomic mass is 10.0. The van der Waals surface area contributed by atoms with Gasteiger partial charge in [0.1, 0.15) is 5.72 Å². The summed E-state index contributed by atoms with van der Waals surface area (Å²) in [5, 5.41) is 9.41. The van der Waals surface area contributed by atoms with Gasteiger partial charge in [0.15, 0.2) is 0 Å². The van der Waals surface area contributed by atoms with Crippen molar-refractivity contribution >= 4 is 0 Å². The maximum Gasteiger partial charge on any atom is 0.111 e. The summed E-state index contributed by atoms with van der Waals surface area (Å²) < 4.78 is 5.34. The second-order valence-electron chi connectivity index (χ2n) is 4.72. The molecule has 0 aromatic heterocycles. The molecular weight excluding hydrogens is 166 g/mol. The van der Waals surface area contributed by atoms with Crippen molar-refractivity contribution < 1.29 is 9.84 Å². The molecule has 0 amide bonds. The molecule has 0 spiro atoms. The smallest absolute Gasteiger partial charge is 0.111 e. The number of unbranched alkanes of at least 4 members (excludes halogenated alkanes) is 1. The van der Waals surface area contributed by atoms with E-state index in [-0.39, 0.29) is 0 Å². The Morgan fingerprint density at radius 3 is 2.08 bits per heavy atom. The fraction of sp³-hybridized carbons (Fsp3) is 1.00. The first-order valence-corrected chi connectivity index (χ1v) is 4.86. The van der Waals surface area contributed by atoms with Crippen molar-refractivity contribution in [3.8, 4) is 0 Å². The number of nitrogens with two attached hydrogens (primary N) is 1. The Kier molecular flexibility index (Phi) is 4.89. The topological polar surface area (TPSA) is 55.5 Å². The van der Waals surface area contributed by atoms with Crippen LogP contribution in [0.2, 0.25) is 0 Å². The van der Waals surface area contributed by atoms with E-state index < -0.39 is 11.3 Å². The van der Waals surface area contributed by atoms with Gasteiger partial charge in [-0.3, -0.25) is 0 Å². The zero-order valence-corrected chi connectivity index (χ0v) is 9.26. The van der Waals surface area contributed by atoms with Gasteiger partial charge in [-0.25, -0.2) is 0 Å². The normalized spacial score (nSPS) is 13.4. The summed E-state index contributed by atoms with van der Waals surface area (Å²) >= 11 is 0. The predicted molar refractivity (Wildman–Crippen MR) is 54.4 cm³/mol. The lowest BCUT2D eigenvalue weighted by molar-refractivity contribution is -0.0165. The van der Waals surface area contributed by atoms with Crippen LogP contribution in [0.3, 0.4) is 0 Å². The molecule has 3 nitrogen and oxygen atoms in total. The second kappa shape index (κ2) is 4.94. The van der Waals surface area contributed by atoms with Crippen LogP contribution in [0.5, 0.6) is 0 Å². The molecule has 0 aliphatic carbocycles. The molecule has 0 unspecified atom stereocenters. The summed E-state index contributed by atoms with van der Waals surface area (Å²) in [4.78, 5) is 0. The van der Waals surface area contributed by atoms with Gasteiger partial charge in [-0.15, -0.1) is 0 Å². The van der Waals surface area contributed by atoms with Crippen LogP contribution in [-0.4, -0.2) is 23.0 Å². The Labute approximate surface area is 81.3 Å². The third-order valence-electron chi connectivity index (χ3n) is 1.66. The standard InChI is InChI=1S/C10H23NO2/c1-9(2,12)7-5-6-8-13-10(3,4)11/h12H,5-8,11H2,1-4H3. The molecule has 0 radical (unpaired) electrons. The van der Waals surface area contributed by atoms with Gasteiger partial charge in [-0.2, -0.15) is 0 Å². The van der Waals surface area contributed by atoms with Gasteiger partial charge in [0, 0.05) is 6.61 Å². The summed E-state index contributed by atoms with van der Waals surface area (Å²) in [6.07, 6.45) is 2.73. The van der Waals surface area contributed by atoms with E-state index >= 15 is 0 Å². The second-order valence-corrected chi connectivity index (χ2v) is 4.72. The summed E-state index contributed by atoms with van der Waals surface area (Å²) in [6, 6.07) is 0. The van der Waals surface area contributed by atoms with E-state index in [4.69, 9.17) is 10.5 Å². The van der Waals surface area contributed by atoms with Crippen LogP contribution < -0.4 is 5.73 Å². The Bertz CT molecular complexity index is 117. The Hall–Kier alpha value is -0.120. The van der Waals surface area contributed by atoms with E-state index in [9.17, 15) is 5.11 Å². The molecule has 0 aliphatic heterocycles. The number of hydrogen-bond acceptors (Lipinski definition) is 3. The molecular formula is C10H23NO2. The highest BCUT2D eigenvalue weighted by atomic mass is 16.5. The Morgan fingerprint density at radius 1 is 1.15 bits per heavy atom. The third kappa shape index (κ3) is 11.9. The van der Waals surface area contributed by atoms with Gasteiger partial charge in [0.25, 0.3) is 0 Å². The first kappa shape index (κ1) is 12.9. The third-order valence-corrected chi connectivity index (χ3v) is 1.66. The molecule has 0 bridgehead atoms. The molecule has 0 aromatic carbocycles. The molecule has 0 heterocycles. The van der Waals surface area contributed by atoms with E-state index in [2.05, 4.69) is 0 Å². The van der Waals surface area contributed by atoms with Crippen LogP contribution in [0.15, 0.2) is 0 Å². The molecule has 0 atom stereocenters. The number of hydrogen-bond donors (Lipinski definition) is 2. The zero-order valence-electron chi connectivity index (χ0n) is 9.26. The minimum atomic E-state index is -0.557. The maximum atomic E-state index is 9.41. The van der Waals surface area contributed by atoms with Crippen LogP contribution in [-0.2, 0) is 4.74 Å². The highest BCUT2D eigenvalue weighted by molar-refractivity contribution is 4.64. The van der Waals surface area contributed by atoms with E-state index in [0.29, 0.717) is 6.61 Å². The van der Waals surface area contributed by atoms with Gasteiger partial charge in [0.05, 0.1) is 5.60 Å². The van der Waals surface area contributed by atoms with Gasteiger partial charge in [0.2, 0.25) is 0 Å². The molecule has 3 heteroatoms. The van der Waals surface area contributed by atoms with Crippen molar-refractivity contribution in [2.75, 3.05) is 6.61 Å². The van der Waals surface area contributed by atoms with Crippen molar-refractivity contribution in [3.63, 3.8) is 0 Å². The lowest BCUT2D eigenvalue weighted by Gasteiger charge is -2.20. The first-order chi connectivity index (χ1) is 5.71. The highest BCUT2D eigenvalue weighted by Gasteiger charge is 2.12. The molecule has 80 valence electrons.